The van der Waals surface area contributed by atoms with Gasteiger partial charge in [0.05, 0.1) is 5.69 Å². The summed E-state index contributed by atoms with van der Waals surface area (Å²) in [4.78, 5) is 23.3. The van der Waals surface area contributed by atoms with Crippen LogP contribution in [0, 0.1) is 13.8 Å². The molecule has 0 saturated heterocycles. The smallest absolute Gasteiger partial charge is 0.354 e. The van der Waals surface area contributed by atoms with Gasteiger partial charge in [0.1, 0.15) is 0 Å². The maximum Gasteiger partial charge on any atom is 0.354 e. The van der Waals surface area contributed by atoms with Crippen molar-refractivity contribution in [3.8, 4) is 11.8 Å². The Morgan fingerprint density at radius 1 is 1.20 bits per heavy atom. The van der Waals surface area contributed by atoms with E-state index in [-0.39, 0.29) is 11.7 Å². The van der Waals surface area contributed by atoms with E-state index in [1.54, 1.807) is 13.0 Å². The van der Waals surface area contributed by atoms with Crippen molar-refractivity contribution in [2.75, 3.05) is 0 Å². The Balaban J connectivity index is 2.37. The second-order valence-electron chi connectivity index (χ2n) is 4.34. The number of ether oxygens (including phenoxy) is 1. The Bertz CT molecular complexity index is 656. The minimum absolute atomic E-state index is 0.0164. The monoisotopic (exact) mass is 273 g/mol. The van der Waals surface area contributed by atoms with Crippen LogP contribution in [-0.4, -0.2) is 26.0 Å². The molecule has 6 heteroatoms. The van der Waals surface area contributed by atoms with Crippen LogP contribution in [0.25, 0.3) is 0 Å². The first-order chi connectivity index (χ1) is 9.49. The van der Waals surface area contributed by atoms with Crippen molar-refractivity contribution >= 4 is 5.97 Å². The second-order valence-corrected chi connectivity index (χ2v) is 4.34. The fourth-order valence-corrected chi connectivity index (χ4v) is 1.74. The summed E-state index contributed by atoms with van der Waals surface area (Å²) in [5.74, 6) is -0.571. The summed E-state index contributed by atoms with van der Waals surface area (Å²) in [5, 5.41) is 8.98. The minimum Gasteiger partial charge on any atom is -0.477 e. The molecule has 2 aromatic rings. The van der Waals surface area contributed by atoms with Gasteiger partial charge in [0.25, 0.3) is 0 Å². The summed E-state index contributed by atoms with van der Waals surface area (Å²) >= 11 is 0. The molecule has 2 aromatic heterocycles. The molecule has 0 aliphatic heterocycles. The fourth-order valence-electron chi connectivity index (χ4n) is 1.74. The van der Waals surface area contributed by atoms with E-state index in [0.29, 0.717) is 17.9 Å². The zero-order chi connectivity index (χ0) is 14.7. The van der Waals surface area contributed by atoms with Gasteiger partial charge in [-0.25, -0.2) is 9.78 Å². The molecule has 2 rings (SSSR count). The molecule has 2 heterocycles. The molecule has 0 aromatic carbocycles. The number of rotatable bonds is 4. The molecular weight excluding hydrogens is 258 g/mol. The highest BCUT2D eigenvalue weighted by molar-refractivity contribution is 5.85. The zero-order valence-corrected chi connectivity index (χ0v) is 11.5. The van der Waals surface area contributed by atoms with E-state index >= 15 is 0 Å². The van der Waals surface area contributed by atoms with Crippen LogP contribution < -0.4 is 4.74 Å². The van der Waals surface area contributed by atoms with E-state index in [2.05, 4.69) is 15.0 Å². The molecule has 0 amide bonds. The van der Waals surface area contributed by atoms with Gasteiger partial charge in [0.2, 0.25) is 0 Å². The third-order valence-corrected chi connectivity index (χ3v) is 2.66. The van der Waals surface area contributed by atoms with E-state index in [1.807, 2.05) is 19.9 Å². The highest BCUT2D eigenvalue weighted by atomic mass is 16.5. The van der Waals surface area contributed by atoms with E-state index < -0.39 is 5.97 Å². The van der Waals surface area contributed by atoms with Crippen molar-refractivity contribution in [2.24, 2.45) is 0 Å². The van der Waals surface area contributed by atoms with Crippen molar-refractivity contribution in [1.29, 1.82) is 0 Å². The van der Waals surface area contributed by atoms with Gasteiger partial charge in [-0.15, -0.1) is 0 Å². The quantitative estimate of drug-likeness (QED) is 0.921. The number of carbonyl (C=O) groups is 1. The van der Waals surface area contributed by atoms with Crippen LogP contribution in [0.2, 0.25) is 0 Å². The Morgan fingerprint density at radius 3 is 2.60 bits per heavy atom. The molecule has 0 aliphatic carbocycles. The largest absolute Gasteiger partial charge is 0.477 e. The molecule has 0 aliphatic rings. The molecule has 0 spiro atoms. The molecule has 20 heavy (non-hydrogen) atoms. The Kier molecular flexibility index (Phi) is 3.93. The lowest BCUT2D eigenvalue weighted by Gasteiger charge is -2.09. The van der Waals surface area contributed by atoms with E-state index in [1.165, 1.54) is 6.07 Å². The molecule has 1 N–H and O–H groups in total. The van der Waals surface area contributed by atoms with Crippen molar-refractivity contribution in [3.05, 3.63) is 41.0 Å². The number of nitrogens with zero attached hydrogens (tertiary/aromatic N) is 3. The number of pyridine rings is 1. The highest BCUT2D eigenvalue weighted by Gasteiger charge is 2.12. The predicted octanol–water partition coefficient (Wildman–Crippen LogP) is 2.54. The van der Waals surface area contributed by atoms with Crippen molar-refractivity contribution < 1.29 is 14.6 Å². The molecular formula is C14H15N3O3. The lowest BCUT2D eigenvalue weighted by Crippen LogP contribution is -2.05. The first-order valence-electron chi connectivity index (χ1n) is 6.23. The van der Waals surface area contributed by atoms with Crippen molar-refractivity contribution in [2.45, 2.75) is 27.2 Å². The van der Waals surface area contributed by atoms with Crippen LogP contribution in [0.3, 0.4) is 0 Å². The maximum atomic E-state index is 11.0. The van der Waals surface area contributed by atoms with Crippen molar-refractivity contribution in [3.63, 3.8) is 0 Å². The van der Waals surface area contributed by atoms with Gasteiger partial charge < -0.3 is 9.84 Å². The topological polar surface area (TPSA) is 85.2 Å². The molecule has 104 valence electrons. The Morgan fingerprint density at radius 2 is 1.95 bits per heavy atom. The highest BCUT2D eigenvalue weighted by Crippen LogP contribution is 2.22. The average molecular weight is 273 g/mol. The first-order valence-corrected chi connectivity index (χ1v) is 6.23. The number of aryl methyl sites for hydroxylation is 3. The number of carboxylic acids is 1. The predicted molar refractivity (Wildman–Crippen MR) is 72.2 cm³/mol. The summed E-state index contributed by atoms with van der Waals surface area (Å²) in [7, 11) is 0. The summed E-state index contributed by atoms with van der Waals surface area (Å²) in [6, 6.07) is 5.02. The summed E-state index contributed by atoms with van der Waals surface area (Å²) in [6.07, 6.45) is 0.703. The standard InChI is InChI=1S/C14H15N3O3/c1-4-10-12(6-5-8(2)15-10)20-14-16-9(3)7-11(17-14)13(18)19/h5-7H,4H2,1-3H3,(H,18,19). The summed E-state index contributed by atoms with van der Waals surface area (Å²) < 4.78 is 5.58. The minimum atomic E-state index is -1.11. The number of hydrogen-bond acceptors (Lipinski definition) is 5. The van der Waals surface area contributed by atoms with E-state index in [4.69, 9.17) is 9.84 Å². The Hall–Kier alpha value is -2.50. The number of aromatic carboxylic acids is 1. The van der Waals surface area contributed by atoms with Gasteiger partial charge in [-0.05, 0) is 38.5 Å². The molecule has 0 saturated carbocycles. The van der Waals surface area contributed by atoms with E-state index in [9.17, 15) is 4.79 Å². The third kappa shape index (κ3) is 3.09. The molecule has 0 atom stereocenters. The maximum absolute atomic E-state index is 11.0. The van der Waals surface area contributed by atoms with Crippen LogP contribution in [0.15, 0.2) is 18.2 Å². The van der Waals surface area contributed by atoms with Crippen LogP contribution in [0.1, 0.15) is 34.5 Å². The van der Waals surface area contributed by atoms with Crippen LogP contribution >= 0.6 is 0 Å². The van der Waals surface area contributed by atoms with E-state index in [0.717, 1.165) is 11.4 Å². The normalized spacial score (nSPS) is 10.3. The summed E-state index contributed by atoms with van der Waals surface area (Å²) in [6.45, 7) is 5.55. The van der Waals surface area contributed by atoms with Gasteiger partial charge in [-0.3, -0.25) is 4.98 Å². The number of carboxylic acid groups (broad SMARTS) is 1. The lowest BCUT2D eigenvalue weighted by atomic mass is 10.2. The molecule has 6 nitrogen and oxygen atoms in total. The van der Waals surface area contributed by atoms with Gasteiger partial charge in [0, 0.05) is 11.4 Å². The van der Waals surface area contributed by atoms with Crippen LogP contribution in [-0.2, 0) is 6.42 Å². The van der Waals surface area contributed by atoms with Crippen molar-refractivity contribution in [1.82, 2.24) is 15.0 Å². The third-order valence-electron chi connectivity index (χ3n) is 2.66. The Labute approximate surface area is 116 Å². The lowest BCUT2D eigenvalue weighted by molar-refractivity contribution is 0.0689. The summed E-state index contributed by atoms with van der Waals surface area (Å²) in [5.41, 5.74) is 2.12. The SMILES string of the molecule is CCc1nc(C)ccc1Oc1nc(C)cc(C(=O)O)n1. The van der Waals surface area contributed by atoms with Gasteiger partial charge in [-0.2, -0.15) is 4.98 Å². The van der Waals surface area contributed by atoms with Gasteiger partial charge >= 0.3 is 12.0 Å². The fraction of sp³-hybridized carbons (Fsp3) is 0.286. The first kappa shape index (κ1) is 13.9. The van der Waals surface area contributed by atoms with Crippen LogP contribution in [0.5, 0.6) is 11.8 Å². The second kappa shape index (κ2) is 5.64. The molecule has 0 unspecified atom stereocenters. The molecule has 0 radical (unpaired) electrons. The molecule has 0 bridgehead atoms. The van der Waals surface area contributed by atoms with Gasteiger partial charge in [0.15, 0.2) is 11.4 Å². The zero-order valence-electron chi connectivity index (χ0n) is 11.5. The number of aromatic nitrogens is 3. The number of hydrogen-bond donors (Lipinski definition) is 1. The molecule has 0 fully saturated rings. The average Bonchev–Trinajstić information content (AvgIpc) is 2.40. The van der Waals surface area contributed by atoms with Gasteiger partial charge in [-0.1, -0.05) is 6.92 Å². The van der Waals surface area contributed by atoms with Crippen LogP contribution in [0.4, 0.5) is 0 Å².